The van der Waals surface area contributed by atoms with Crippen molar-refractivity contribution in [2.45, 2.75) is 0 Å². The van der Waals surface area contributed by atoms with Crippen molar-refractivity contribution in [3.05, 3.63) is 65.2 Å². The summed E-state index contributed by atoms with van der Waals surface area (Å²) in [4.78, 5) is 19.1. The lowest BCUT2D eigenvalue weighted by atomic mass is 10.2. The average molecular weight is 437 g/mol. The molecule has 0 fully saturated rings. The molecule has 0 unspecified atom stereocenters. The molecule has 0 N–H and O–H groups in total. The quantitative estimate of drug-likeness (QED) is 0.357. The zero-order valence-corrected chi connectivity index (χ0v) is 18.3. The normalized spacial score (nSPS) is 11.6. The van der Waals surface area contributed by atoms with Crippen molar-refractivity contribution in [1.29, 1.82) is 0 Å². The molecule has 3 aromatic heterocycles. The Hall–Kier alpha value is -3.20. The first-order chi connectivity index (χ1) is 15.7. The second-order valence-corrected chi connectivity index (χ2v) is 7.43. The first-order valence-corrected chi connectivity index (χ1v) is 10.5. The van der Waals surface area contributed by atoms with Crippen LogP contribution in [0, 0.1) is 0 Å². The topological polar surface area (TPSA) is 78.4 Å². The Morgan fingerprint density at radius 3 is 2.53 bits per heavy atom. The molecule has 1 aromatic carbocycles. The van der Waals surface area contributed by atoms with Crippen LogP contribution < -0.4 is 10.2 Å². The van der Waals surface area contributed by atoms with Crippen molar-refractivity contribution in [2.75, 3.05) is 53.7 Å². The first-order valence-electron chi connectivity index (χ1n) is 10.5. The van der Waals surface area contributed by atoms with Crippen molar-refractivity contribution >= 4 is 16.5 Å². The molecule has 0 radical (unpaired) electrons. The number of hydrogen-bond acceptors (Lipinski definition) is 7. The fourth-order valence-corrected chi connectivity index (χ4v) is 3.50. The summed E-state index contributed by atoms with van der Waals surface area (Å²) in [5.41, 5.74) is 1.95. The van der Waals surface area contributed by atoms with E-state index in [4.69, 9.17) is 18.6 Å². The molecule has 0 aliphatic rings. The summed E-state index contributed by atoms with van der Waals surface area (Å²) in [6.07, 6.45) is 3.58. The third-order valence-corrected chi connectivity index (χ3v) is 5.25. The van der Waals surface area contributed by atoms with E-state index >= 15 is 0 Å². The van der Waals surface area contributed by atoms with Gasteiger partial charge in [-0.15, -0.1) is 0 Å². The summed E-state index contributed by atoms with van der Waals surface area (Å²) in [7, 11) is 3.40. The molecule has 4 rings (SSSR count). The molecular weight excluding hydrogens is 410 g/mol. The molecule has 3 heterocycles. The van der Waals surface area contributed by atoms with Gasteiger partial charge in [0.2, 0.25) is 0 Å². The minimum absolute atomic E-state index is 0.0885. The van der Waals surface area contributed by atoms with E-state index < -0.39 is 0 Å². The zero-order valence-electron chi connectivity index (χ0n) is 18.3. The van der Waals surface area contributed by atoms with Crippen molar-refractivity contribution in [3.8, 4) is 17.2 Å². The van der Waals surface area contributed by atoms with Gasteiger partial charge in [0.1, 0.15) is 30.0 Å². The van der Waals surface area contributed by atoms with Crippen LogP contribution in [0.1, 0.15) is 0 Å². The van der Waals surface area contributed by atoms with Crippen LogP contribution in [0.25, 0.3) is 27.9 Å². The number of hydrogen-bond donors (Lipinski definition) is 0. The number of nitrogens with zero attached hydrogens (tertiary/aromatic N) is 3. The summed E-state index contributed by atoms with van der Waals surface area (Å²) >= 11 is 0. The lowest BCUT2D eigenvalue weighted by Gasteiger charge is -2.21. The lowest BCUT2D eigenvalue weighted by molar-refractivity contribution is 0.104. The fraction of sp³-hybridized carbons (Fsp3) is 0.333. The molecule has 0 bridgehead atoms. The van der Waals surface area contributed by atoms with Crippen molar-refractivity contribution in [1.82, 2.24) is 14.3 Å². The minimum atomic E-state index is -0.0885. The second kappa shape index (κ2) is 10.4. The Balaban J connectivity index is 1.47. The molecule has 0 atom stereocenters. The van der Waals surface area contributed by atoms with Crippen LogP contribution in [0.3, 0.4) is 0 Å². The van der Waals surface area contributed by atoms with Gasteiger partial charge in [-0.2, -0.15) is 0 Å². The first kappa shape index (κ1) is 22.0. The summed E-state index contributed by atoms with van der Waals surface area (Å²) < 4.78 is 24.1. The van der Waals surface area contributed by atoms with Crippen LogP contribution in [0.2, 0.25) is 0 Å². The summed E-state index contributed by atoms with van der Waals surface area (Å²) in [5.74, 6) is 1.19. The SMILES string of the molecule is COCCN(CCOC)CCOc1cc2cc(-c3cc(=O)c4ccccc4o3)ncn2c1. The summed E-state index contributed by atoms with van der Waals surface area (Å²) in [6, 6.07) is 12.5. The zero-order chi connectivity index (χ0) is 22.3. The molecule has 0 saturated heterocycles. The highest BCUT2D eigenvalue weighted by atomic mass is 16.5. The molecule has 0 amide bonds. The van der Waals surface area contributed by atoms with Crippen molar-refractivity contribution in [3.63, 3.8) is 0 Å². The van der Waals surface area contributed by atoms with E-state index in [1.165, 1.54) is 6.07 Å². The van der Waals surface area contributed by atoms with Crippen LogP contribution in [-0.4, -0.2) is 68.0 Å². The van der Waals surface area contributed by atoms with E-state index in [1.807, 2.05) is 34.9 Å². The predicted octanol–water partition coefficient (Wildman–Crippen LogP) is 3.08. The smallest absolute Gasteiger partial charge is 0.193 e. The van der Waals surface area contributed by atoms with Crippen LogP contribution in [0.5, 0.6) is 5.75 Å². The van der Waals surface area contributed by atoms with Gasteiger partial charge in [-0.25, -0.2) is 4.98 Å². The van der Waals surface area contributed by atoms with E-state index in [1.54, 1.807) is 32.7 Å². The highest BCUT2D eigenvalue weighted by molar-refractivity contribution is 5.78. The summed E-state index contributed by atoms with van der Waals surface area (Å²) in [6.45, 7) is 4.30. The average Bonchev–Trinajstić information content (AvgIpc) is 3.22. The molecule has 8 nitrogen and oxygen atoms in total. The van der Waals surface area contributed by atoms with Gasteiger partial charge in [0, 0.05) is 46.0 Å². The van der Waals surface area contributed by atoms with Crippen LogP contribution in [-0.2, 0) is 9.47 Å². The van der Waals surface area contributed by atoms with Crippen LogP contribution >= 0.6 is 0 Å². The Kier molecular flexibility index (Phi) is 7.16. The number of aromatic nitrogens is 2. The monoisotopic (exact) mass is 437 g/mol. The molecule has 0 aliphatic heterocycles. The van der Waals surface area contributed by atoms with E-state index in [-0.39, 0.29) is 5.43 Å². The molecule has 0 spiro atoms. The number of benzene rings is 1. The highest BCUT2D eigenvalue weighted by Crippen LogP contribution is 2.24. The van der Waals surface area contributed by atoms with E-state index in [2.05, 4.69) is 9.88 Å². The maximum absolute atomic E-state index is 12.4. The highest BCUT2D eigenvalue weighted by Gasteiger charge is 2.10. The van der Waals surface area contributed by atoms with Crippen LogP contribution in [0.15, 0.2) is 64.2 Å². The fourth-order valence-electron chi connectivity index (χ4n) is 3.50. The number of rotatable bonds is 11. The largest absolute Gasteiger partial charge is 0.491 e. The van der Waals surface area contributed by atoms with Gasteiger partial charge in [-0.3, -0.25) is 9.69 Å². The number of ether oxygens (including phenoxy) is 3. The minimum Gasteiger partial charge on any atom is -0.491 e. The van der Waals surface area contributed by atoms with Gasteiger partial charge in [0.25, 0.3) is 0 Å². The maximum atomic E-state index is 12.4. The van der Waals surface area contributed by atoms with Crippen LogP contribution in [0.4, 0.5) is 0 Å². The van der Waals surface area contributed by atoms with Gasteiger partial charge < -0.3 is 23.0 Å². The van der Waals surface area contributed by atoms with Gasteiger partial charge in [0.05, 0.1) is 30.3 Å². The molecule has 0 aliphatic carbocycles. The molecule has 0 saturated carbocycles. The molecule has 32 heavy (non-hydrogen) atoms. The van der Waals surface area contributed by atoms with Gasteiger partial charge >= 0.3 is 0 Å². The summed E-state index contributed by atoms with van der Waals surface area (Å²) in [5, 5.41) is 0.556. The Bertz CT molecular complexity index is 1230. The third-order valence-electron chi connectivity index (χ3n) is 5.25. The Labute approximate surface area is 185 Å². The van der Waals surface area contributed by atoms with Gasteiger partial charge in [-0.1, -0.05) is 12.1 Å². The maximum Gasteiger partial charge on any atom is 0.193 e. The van der Waals surface area contributed by atoms with Gasteiger partial charge in [0.15, 0.2) is 11.2 Å². The van der Waals surface area contributed by atoms with E-state index in [0.29, 0.717) is 42.2 Å². The molecular formula is C24H27N3O5. The Morgan fingerprint density at radius 2 is 1.75 bits per heavy atom. The molecule has 4 aromatic rings. The lowest BCUT2D eigenvalue weighted by Crippen LogP contribution is -2.34. The molecule has 168 valence electrons. The second-order valence-electron chi connectivity index (χ2n) is 7.43. The number of para-hydroxylation sites is 1. The predicted molar refractivity (Wildman–Crippen MR) is 122 cm³/mol. The number of methoxy groups -OCH3 is 2. The standard InChI is InChI=1S/C24H27N3O5/c1-29-10-7-26(8-11-30-2)9-12-31-19-13-18-14-21(25-17-27(18)16-19)24-15-22(28)20-5-3-4-6-23(20)32-24/h3-6,13-17H,7-12H2,1-2H3. The molecule has 8 heteroatoms. The van der Waals surface area contributed by atoms with Crippen molar-refractivity contribution < 1.29 is 18.6 Å². The van der Waals surface area contributed by atoms with E-state index in [0.717, 1.165) is 30.9 Å². The van der Waals surface area contributed by atoms with E-state index in [9.17, 15) is 4.79 Å². The van der Waals surface area contributed by atoms with Crippen molar-refractivity contribution in [2.24, 2.45) is 0 Å². The Morgan fingerprint density at radius 1 is 1.00 bits per heavy atom. The third kappa shape index (κ3) is 5.16. The number of fused-ring (bicyclic) bond motifs is 2. The van der Waals surface area contributed by atoms with Gasteiger partial charge in [-0.05, 0) is 18.2 Å².